The second-order valence-electron chi connectivity index (χ2n) is 7.60. The van der Waals surface area contributed by atoms with Crippen LogP contribution in [-0.4, -0.2) is 29.0 Å². The lowest BCUT2D eigenvalue weighted by molar-refractivity contribution is -0.116. The smallest absolute Gasteiger partial charge is 0.410 e. The van der Waals surface area contributed by atoms with Crippen LogP contribution in [0.3, 0.4) is 0 Å². The maximum atomic E-state index is 12.3. The summed E-state index contributed by atoms with van der Waals surface area (Å²) in [5.74, 6) is 0.574. The molecular weight excluding hydrogens is 378 g/mol. The van der Waals surface area contributed by atoms with Crippen LogP contribution in [0.4, 0.5) is 9.80 Å². The van der Waals surface area contributed by atoms with E-state index in [1.54, 1.807) is 17.2 Å². The highest BCUT2D eigenvalue weighted by Crippen LogP contribution is 2.37. The zero-order valence-electron chi connectivity index (χ0n) is 16.2. The molecule has 2 aromatic heterocycles. The maximum absolute atomic E-state index is 12.3. The number of nitrogens with one attached hydrogen (secondary N) is 1. The Hall–Kier alpha value is -2.79. The number of anilines is 1. The number of nitriles is 1. The fraction of sp³-hybridized carbons (Fsp3) is 0.450. The highest BCUT2D eigenvalue weighted by molar-refractivity contribution is 7.16. The molecule has 0 aliphatic carbocycles. The highest BCUT2D eigenvalue weighted by Gasteiger charge is 2.30. The molecule has 0 radical (unpaired) electrons. The average molecular weight is 401 g/mol. The van der Waals surface area contributed by atoms with Gasteiger partial charge in [0.2, 0.25) is 5.91 Å². The molecule has 28 heavy (non-hydrogen) atoms. The van der Waals surface area contributed by atoms with Crippen molar-refractivity contribution < 1.29 is 18.7 Å². The van der Waals surface area contributed by atoms with Crippen LogP contribution in [0.15, 0.2) is 22.8 Å². The van der Waals surface area contributed by atoms with E-state index >= 15 is 0 Å². The molecule has 0 bridgehead atoms. The summed E-state index contributed by atoms with van der Waals surface area (Å²) in [7, 11) is 0. The van der Waals surface area contributed by atoms with Gasteiger partial charge >= 0.3 is 6.09 Å². The van der Waals surface area contributed by atoms with E-state index in [1.165, 1.54) is 11.3 Å². The molecule has 1 aliphatic heterocycles. The summed E-state index contributed by atoms with van der Waals surface area (Å²) in [5.41, 5.74) is 0.849. The van der Waals surface area contributed by atoms with Crippen LogP contribution < -0.4 is 5.32 Å². The van der Waals surface area contributed by atoms with E-state index in [4.69, 9.17) is 9.15 Å². The Bertz CT molecular complexity index is 903. The molecule has 0 unspecified atom stereocenters. The molecule has 8 heteroatoms. The summed E-state index contributed by atoms with van der Waals surface area (Å²) in [6.07, 6.45) is 2.54. The average Bonchev–Trinajstić information content (AvgIpc) is 3.24. The number of carbonyl (C=O) groups is 2. The molecule has 3 heterocycles. The first-order chi connectivity index (χ1) is 13.3. The molecule has 0 spiro atoms. The minimum atomic E-state index is -0.558. The number of carbonyl (C=O) groups excluding carboxylic acids is 2. The number of furan rings is 1. The Labute approximate surface area is 167 Å². The molecule has 0 aromatic carbocycles. The van der Waals surface area contributed by atoms with Crippen LogP contribution in [0, 0.1) is 11.3 Å². The van der Waals surface area contributed by atoms with Crippen molar-refractivity contribution in [2.45, 2.75) is 52.2 Å². The molecule has 0 atom stereocenters. The zero-order chi connectivity index (χ0) is 20.3. The Morgan fingerprint density at radius 2 is 2.21 bits per heavy atom. The van der Waals surface area contributed by atoms with Gasteiger partial charge in [0.15, 0.2) is 0 Å². The van der Waals surface area contributed by atoms with Crippen molar-refractivity contribution in [3.8, 4) is 6.07 Å². The SMILES string of the molecule is CC(C)(C)OC(=O)N1CCc2c(sc(NC(=O)CCc3ccco3)c2C#N)C1. The molecule has 0 fully saturated rings. The van der Waals surface area contributed by atoms with Gasteiger partial charge in [0.05, 0.1) is 18.4 Å². The van der Waals surface area contributed by atoms with E-state index in [9.17, 15) is 14.9 Å². The number of fused-ring (bicyclic) bond motifs is 1. The van der Waals surface area contributed by atoms with Gasteiger partial charge in [-0.2, -0.15) is 5.26 Å². The van der Waals surface area contributed by atoms with Crippen molar-refractivity contribution in [1.82, 2.24) is 4.90 Å². The first kappa shape index (κ1) is 20.0. The number of ether oxygens (including phenoxy) is 1. The fourth-order valence-corrected chi connectivity index (χ4v) is 4.20. The Morgan fingerprint density at radius 1 is 1.43 bits per heavy atom. The fourth-order valence-electron chi connectivity index (χ4n) is 2.97. The predicted octanol–water partition coefficient (Wildman–Crippen LogP) is 4.08. The number of rotatable bonds is 4. The lowest BCUT2D eigenvalue weighted by Crippen LogP contribution is -2.39. The summed E-state index contributed by atoms with van der Waals surface area (Å²) in [6.45, 7) is 6.35. The van der Waals surface area contributed by atoms with E-state index in [2.05, 4.69) is 11.4 Å². The number of thiophene rings is 1. The quantitative estimate of drug-likeness (QED) is 0.833. The molecule has 0 saturated carbocycles. The minimum Gasteiger partial charge on any atom is -0.469 e. The van der Waals surface area contributed by atoms with Crippen LogP contribution in [0.25, 0.3) is 0 Å². The summed E-state index contributed by atoms with van der Waals surface area (Å²) in [6, 6.07) is 5.81. The highest BCUT2D eigenvalue weighted by atomic mass is 32.1. The molecule has 1 aliphatic rings. The minimum absolute atomic E-state index is 0.171. The van der Waals surface area contributed by atoms with E-state index in [1.807, 2.05) is 26.8 Å². The van der Waals surface area contributed by atoms with Crippen LogP contribution in [-0.2, 0) is 28.9 Å². The van der Waals surface area contributed by atoms with Gasteiger partial charge in [-0.25, -0.2) is 4.79 Å². The number of nitrogens with zero attached hydrogens (tertiary/aromatic N) is 2. The second-order valence-corrected chi connectivity index (χ2v) is 8.70. The number of hydrogen-bond donors (Lipinski definition) is 1. The van der Waals surface area contributed by atoms with Crippen molar-refractivity contribution in [2.75, 3.05) is 11.9 Å². The monoisotopic (exact) mass is 401 g/mol. The predicted molar refractivity (Wildman–Crippen MR) is 105 cm³/mol. The van der Waals surface area contributed by atoms with Crippen molar-refractivity contribution in [2.24, 2.45) is 0 Å². The first-order valence-electron chi connectivity index (χ1n) is 9.11. The molecule has 2 aromatic rings. The van der Waals surface area contributed by atoms with E-state index in [0.717, 1.165) is 16.2 Å². The van der Waals surface area contributed by atoms with Gasteiger partial charge in [0, 0.05) is 24.3 Å². The van der Waals surface area contributed by atoms with Crippen LogP contribution in [0.2, 0.25) is 0 Å². The van der Waals surface area contributed by atoms with Gasteiger partial charge in [0.25, 0.3) is 0 Å². The first-order valence-corrected chi connectivity index (χ1v) is 9.93. The van der Waals surface area contributed by atoms with E-state index in [0.29, 0.717) is 36.5 Å². The summed E-state index contributed by atoms with van der Waals surface area (Å²) in [4.78, 5) is 27.1. The standard InChI is InChI=1S/C20H23N3O4S/c1-20(2,3)27-19(25)23-9-8-14-15(11-21)18(28-16(14)12-23)22-17(24)7-6-13-5-4-10-26-13/h4-5,10H,6-9,12H2,1-3H3,(H,22,24). The third-order valence-electron chi connectivity index (χ3n) is 4.25. The van der Waals surface area contributed by atoms with Gasteiger partial charge in [-0.3, -0.25) is 4.79 Å². The topological polar surface area (TPSA) is 95.6 Å². The third kappa shape index (κ3) is 4.73. The summed E-state index contributed by atoms with van der Waals surface area (Å²) in [5, 5.41) is 13.0. The maximum Gasteiger partial charge on any atom is 0.410 e. The van der Waals surface area contributed by atoms with Crippen molar-refractivity contribution in [3.05, 3.63) is 40.2 Å². The van der Waals surface area contributed by atoms with Gasteiger partial charge in [-0.05, 0) is 44.9 Å². The Balaban J connectivity index is 1.68. The second kappa shape index (κ2) is 8.07. The van der Waals surface area contributed by atoms with Crippen molar-refractivity contribution in [1.29, 1.82) is 5.26 Å². The Morgan fingerprint density at radius 3 is 2.86 bits per heavy atom. The Kier molecular flexibility index (Phi) is 5.75. The van der Waals surface area contributed by atoms with Crippen molar-refractivity contribution >= 4 is 28.3 Å². The molecule has 3 rings (SSSR count). The molecule has 0 saturated heterocycles. The van der Waals surface area contributed by atoms with E-state index in [-0.39, 0.29) is 18.4 Å². The normalized spacial score (nSPS) is 13.6. The van der Waals surface area contributed by atoms with Crippen LogP contribution in [0.5, 0.6) is 0 Å². The summed E-state index contributed by atoms with van der Waals surface area (Å²) >= 11 is 1.35. The van der Waals surface area contributed by atoms with Gasteiger partial charge in [0.1, 0.15) is 22.4 Å². The van der Waals surface area contributed by atoms with Crippen LogP contribution >= 0.6 is 11.3 Å². The third-order valence-corrected chi connectivity index (χ3v) is 5.38. The van der Waals surface area contributed by atoms with Crippen molar-refractivity contribution in [3.63, 3.8) is 0 Å². The van der Waals surface area contributed by atoms with E-state index < -0.39 is 5.60 Å². The zero-order valence-corrected chi connectivity index (χ0v) is 17.0. The van der Waals surface area contributed by atoms with Gasteiger partial charge in [-0.15, -0.1) is 11.3 Å². The lowest BCUT2D eigenvalue weighted by Gasteiger charge is -2.29. The van der Waals surface area contributed by atoms with Gasteiger partial charge in [-0.1, -0.05) is 0 Å². The number of amides is 2. The molecule has 2 amide bonds. The molecule has 7 nitrogen and oxygen atoms in total. The van der Waals surface area contributed by atoms with Gasteiger partial charge < -0.3 is 19.4 Å². The molecule has 1 N–H and O–H groups in total. The molecular formula is C20H23N3O4S. The lowest BCUT2D eigenvalue weighted by atomic mass is 10.0. The number of hydrogen-bond acceptors (Lipinski definition) is 6. The van der Waals surface area contributed by atoms with Crippen LogP contribution in [0.1, 0.15) is 49.0 Å². The number of aryl methyl sites for hydroxylation is 1. The summed E-state index contributed by atoms with van der Waals surface area (Å²) < 4.78 is 10.7. The molecule has 148 valence electrons. The largest absolute Gasteiger partial charge is 0.469 e.